The van der Waals surface area contributed by atoms with Crippen molar-refractivity contribution >= 4 is 18.1 Å². The number of hydrogen-bond donors (Lipinski definition) is 1. The molecule has 0 aliphatic carbocycles. The molecule has 0 unspecified atom stereocenters. The molecule has 3 heteroatoms. The maximum Gasteiger partial charge on any atom is 0.126 e. The highest BCUT2D eigenvalue weighted by Gasteiger charge is 1.99. The Kier molecular flexibility index (Phi) is 3.33. The number of aryl methyl sites for hydroxylation is 2. The van der Waals surface area contributed by atoms with Gasteiger partial charge < -0.3 is 5.73 Å². The van der Waals surface area contributed by atoms with Gasteiger partial charge in [0, 0.05) is 5.69 Å². The number of nitrogens with two attached hydrogens (primary N) is 1. The van der Waals surface area contributed by atoms with Gasteiger partial charge in [-0.05, 0) is 37.1 Å². The van der Waals surface area contributed by atoms with Gasteiger partial charge in [-0.1, -0.05) is 0 Å². The summed E-state index contributed by atoms with van der Waals surface area (Å²) in [4.78, 5) is 0. The van der Waals surface area contributed by atoms with Crippen LogP contribution < -0.4 is 5.73 Å². The Morgan fingerprint density at radius 1 is 1.18 bits per heavy atom. The molecule has 0 fully saturated rings. The van der Waals surface area contributed by atoms with Crippen LogP contribution in [0.25, 0.3) is 0 Å². The molecular formula is C8H11ClFN. The molecule has 11 heavy (non-hydrogen) atoms. The summed E-state index contributed by atoms with van der Waals surface area (Å²) in [5.41, 5.74) is 7.57. The van der Waals surface area contributed by atoms with Crippen LogP contribution in [-0.4, -0.2) is 0 Å². The third-order valence-electron chi connectivity index (χ3n) is 1.55. The molecule has 0 amide bonds. The van der Waals surface area contributed by atoms with Crippen molar-refractivity contribution in [2.45, 2.75) is 13.8 Å². The highest BCUT2D eigenvalue weighted by Crippen LogP contribution is 2.15. The van der Waals surface area contributed by atoms with E-state index in [-0.39, 0.29) is 18.2 Å². The molecule has 0 saturated heterocycles. The Bertz CT molecular complexity index is 210. The van der Waals surface area contributed by atoms with Gasteiger partial charge in [-0.25, -0.2) is 4.39 Å². The second-order valence-corrected chi connectivity index (χ2v) is 2.46. The fraction of sp³-hybridized carbons (Fsp3) is 0.250. The van der Waals surface area contributed by atoms with Gasteiger partial charge in [0.1, 0.15) is 5.82 Å². The van der Waals surface area contributed by atoms with Crippen LogP contribution in [0, 0.1) is 19.7 Å². The van der Waals surface area contributed by atoms with Gasteiger partial charge in [0.25, 0.3) is 0 Å². The Labute approximate surface area is 71.8 Å². The standard InChI is InChI=1S/C8H10FN.ClH/c1-5-4-8(10)6(2)3-7(5)9;/h3-4H,10H2,1-2H3;1H. The van der Waals surface area contributed by atoms with E-state index in [1.54, 1.807) is 19.9 Å². The predicted octanol–water partition coefficient (Wildman–Crippen LogP) is 2.45. The molecule has 62 valence electrons. The average Bonchev–Trinajstić information content (AvgIpc) is 1.84. The topological polar surface area (TPSA) is 26.0 Å². The maximum atomic E-state index is 12.7. The lowest BCUT2D eigenvalue weighted by molar-refractivity contribution is 0.617. The van der Waals surface area contributed by atoms with E-state index in [2.05, 4.69) is 0 Å². The molecular weight excluding hydrogens is 165 g/mol. The number of nitrogen functional groups attached to an aromatic ring is 1. The van der Waals surface area contributed by atoms with Crippen molar-refractivity contribution in [1.29, 1.82) is 0 Å². The van der Waals surface area contributed by atoms with E-state index in [1.165, 1.54) is 6.07 Å². The van der Waals surface area contributed by atoms with E-state index in [0.717, 1.165) is 5.56 Å². The highest BCUT2D eigenvalue weighted by atomic mass is 35.5. The smallest absolute Gasteiger partial charge is 0.126 e. The monoisotopic (exact) mass is 175 g/mol. The van der Waals surface area contributed by atoms with Crippen LogP contribution in [-0.2, 0) is 0 Å². The number of rotatable bonds is 0. The van der Waals surface area contributed by atoms with Crippen molar-refractivity contribution in [2.24, 2.45) is 0 Å². The van der Waals surface area contributed by atoms with Crippen LogP contribution in [0.5, 0.6) is 0 Å². The minimum atomic E-state index is -0.188. The Morgan fingerprint density at radius 2 is 1.73 bits per heavy atom. The van der Waals surface area contributed by atoms with E-state index in [9.17, 15) is 4.39 Å². The summed E-state index contributed by atoms with van der Waals surface area (Å²) in [7, 11) is 0. The lowest BCUT2D eigenvalue weighted by atomic mass is 10.1. The summed E-state index contributed by atoms with van der Waals surface area (Å²) in [5, 5.41) is 0. The summed E-state index contributed by atoms with van der Waals surface area (Å²) < 4.78 is 12.7. The zero-order chi connectivity index (χ0) is 7.72. The van der Waals surface area contributed by atoms with Crippen LogP contribution in [0.4, 0.5) is 10.1 Å². The van der Waals surface area contributed by atoms with Gasteiger partial charge in [0.2, 0.25) is 0 Å². The molecule has 0 saturated carbocycles. The van der Waals surface area contributed by atoms with Gasteiger partial charge in [-0.2, -0.15) is 0 Å². The van der Waals surface area contributed by atoms with Crippen molar-refractivity contribution in [3.05, 3.63) is 29.1 Å². The second-order valence-electron chi connectivity index (χ2n) is 2.46. The van der Waals surface area contributed by atoms with Crippen molar-refractivity contribution in [3.63, 3.8) is 0 Å². The molecule has 0 radical (unpaired) electrons. The van der Waals surface area contributed by atoms with Crippen LogP contribution in [0.3, 0.4) is 0 Å². The van der Waals surface area contributed by atoms with E-state index < -0.39 is 0 Å². The zero-order valence-corrected chi connectivity index (χ0v) is 7.33. The van der Waals surface area contributed by atoms with E-state index in [0.29, 0.717) is 11.3 Å². The first kappa shape index (κ1) is 10.2. The van der Waals surface area contributed by atoms with Crippen molar-refractivity contribution < 1.29 is 4.39 Å². The molecule has 2 N–H and O–H groups in total. The molecule has 1 aromatic rings. The third-order valence-corrected chi connectivity index (χ3v) is 1.55. The summed E-state index contributed by atoms with van der Waals surface area (Å²) in [6.45, 7) is 3.49. The Hall–Kier alpha value is -0.760. The summed E-state index contributed by atoms with van der Waals surface area (Å²) in [5.74, 6) is -0.188. The van der Waals surface area contributed by atoms with Crippen molar-refractivity contribution in [3.8, 4) is 0 Å². The van der Waals surface area contributed by atoms with Gasteiger partial charge in [-0.15, -0.1) is 12.4 Å². The Balaban J connectivity index is 0.000001000. The number of benzene rings is 1. The van der Waals surface area contributed by atoms with E-state index in [1.807, 2.05) is 0 Å². The lowest BCUT2D eigenvalue weighted by Gasteiger charge is -2.01. The zero-order valence-electron chi connectivity index (χ0n) is 6.52. The molecule has 1 aromatic carbocycles. The van der Waals surface area contributed by atoms with Crippen molar-refractivity contribution in [2.75, 3.05) is 5.73 Å². The fourth-order valence-corrected chi connectivity index (χ4v) is 0.803. The molecule has 0 aromatic heterocycles. The summed E-state index contributed by atoms with van der Waals surface area (Å²) >= 11 is 0. The number of hydrogen-bond acceptors (Lipinski definition) is 1. The molecule has 0 heterocycles. The van der Waals surface area contributed by atoms with E-state index in [4.69, 9.17) is 5.73 Å². The van der Waals surface area contributed by atoms with Crippen LogP contribution >= 0.6 is 12.4 Å². The van der Waals surface area contributed by atoms with Crippen LogP contribution in [0.1, 0.15) is 11.1 Å². The lowest BCUT2D eigenvalue weighted by Crippen LogP contribution is -1.92. The van der Waals surface area contributed by atoms with Gasteiger partial charge in [-0.3, -0.25) is 0 Å². The average molecular weight is 176 g/mol. The largest absolute Gasteiger partial charge is 0.399 e. The normalized spacial score (nSPS) is 9.00. The summed E-state index contributed by atoms with van der Waals surface area (Å²) in [6.07, 6.45) is 0. The third kappa shape index (κ3) is 2.09. The van der Waals surface area contributed by atoms with Crippen LogP contribution in [0.15, 0.2) is 12.1 Å². The quantitative estimate of drug-likeness (QED) is 0.603. The SMILES string of the molecule is Cc1cc(F)c(C)cc1N.Cl. The first-order valence-corrected chi connectivity index (χ1v) is 3.13. The predicted molar refractivity (Wildman–Crippen MR) is 47.5 cm³/mol. The van der Waals surface area contributed by atoms with Crippen LogP contribution in [0.2, 0.25) is 0 Å². The van der Waals surface area contributed by atoms with Gasteiger partial charge >= 0.3 is 0 Å². The summed E-state index contributed by atoms with van der Waals surface area (Å²) in [6, 6.07) is 3.09. The number of halogens is 2. The maximum absolute atomic E-state index is 12.7. The molecule has 1 nitrogen and oxygen atoms in total. The highest BCUT2D eigenvalue weighted by molar-refractivity contribution is 5.85. The minimum Gasteiger partial charge on any atom is -0.399 e. The second kappa shape index (κ2) is 3.58. The van der Waals surface area contributed by atoms with Gasteiger partial charge in [0.05, 0.1) is 0 Å². The molecule has 1 rings (SSSR count). The van der Waals surface area contributed by atoms with Gasteiger partial charge in [0.15, 0.2) is 0 Å². The molecule has 0 spiro atoms. The molecule has 0 aliphatic heterocycles. The fourth-order valence-electron chi connectivity index (χ4n) is 0.803. The molecule has 0 atom stereocenters. The number of anilines is 1. The van der Waals surface area contributed by atoms with Crippen molar-refractivity contribution in [1.82, 2.24) is 0 Å². The minimum absolute atomic E-state index is 0. The first-order valence-electron chi connectivity index (χ1n) is 3.13. The molecule has 0 aliphatic rings. The van der Waals surface area contributed by atoms with E-state index >= 15 is 0 Å². The first-order chi connectivity index (χ1) is 4.61. The molecule has 0 bridgehead atoms. The Morgan fingerprint density at radius 3 is 2.18 bits per heavy atom.